The van der Waals surface area contributed by atoms with Crippen molar-refractivity contribution in [3.8, 4) is 11.5 Å². The number of benzene rings is 1. The minimum atomic E-state index is 0.615. The number of methoxy groups -OCH3 is 2. The van der Waals surface area contributed by atoms with Crippen molar-refractivity contribution in [2.45, 2.75) is 12.8 Å². The lowest BCUT2D eigenvalue weighted by atomic mass is 10.1. The number of ether oxygens (including phenoxy) is 3. The van der Waals surface area contributed by atoms with Gasteiger partial charge in [-0.15, -0.1) is 0 Å². The topological polar surface area (TPSA) is 57.0 Å². The van der Waals surface area contributed by atoms with E-state index in [2.05, 4.69) is 4.90 Å². The molecule has 20 heavy (non-hydrogen) atoms. The van der Waals surface area contributed by atoms with Crippen molar-refractivity contribution in [3.63, 3.8) is 0 Å². The lowest BCUT2D eigenvalue weighted by Gasteiger charge is -2.26. The summed E-state index contributed by atoms with van der Waals surface area (Å²) < 4.78 is 15.9. The van der Waals surface area contributed by atoms with Gasteiger partial charge in [0, 0.05) is 13.1 Å². The maximum Gasteiger partial charge on any atom is 0.183 e. The first-order valence-electron chi connectivity index (χ1n) is 7.05. The fraction of sp³-hybridized carbons (Fsp3) is 0.600. The SMILES string of the molecule is COc1cc(CCCN2CCOCC2)cc(N)c1OC. The molecule has 1 saturated heterocycles. The summed E-state index contributed by atoms with van der Waals surface area (Å²) in [5, 5.41) is 0. The Morgan fingerprint density at radius 1 is 1.20 bits per heavy atom. The third kappa shape index (κ3) is 3.77. The lowest BCUT2D eigenvalue weighted by Crippen LogP contribution is -2.36. The Balaban J connectivity index is 1.90. The number of hydrogen-bond donors (Lipinski definition) is 1. The van der Waals surface area contributed by atoms with Crippen LogP contribution >= 0.6 is 0 Å². The van der Waals surface area contributed by atoms with E-state index in [1.807, 2.05) is 12.1 Å². The molecule has 0 spiro atoms. The van der Waals surface area contributed by atoms with Gasteiger partial charge in [0.1, 0.15) is 0 Å². The second-order valence-electron chi connectivity index (χ2n) is 4.98. The van der Waals surface area contributed by atoms with E-state index in [4.69, 9.17) is 19.9 Å². The van der Waals surface area contributed by atoms with Crippen LogP contribution in [0.3, 0.4) is 0 Å². The molecule has 1 fully saturated rings. The fourth-order valence-corrected chi connectivity index (χ4v) is 2.53. The summed E-state index contributed by atoms with van der Waals surface area (Å²) in [5.74, 6) is 1.32. The quantitative estimate of drug-likeness (QED) is 0.801. The Morgan fingerprint density at radius 2 is 1.95 bits per heavy atom. The molecule has 1 heterocycles. The zero-order valence-electron chi connectivity index (χ0n) is 12.4. The molecule has 112 valence electrons. The van der Waals surface area contributed by atoms with E-state index >= 15 is 0 Å². The molecule has 1 aliphatic rings. The van der Waals surface area contributed by atoms with Gasteiger partial charge >= 0.3 is 0 Å². The first-order chi connectivity index (χ1) is 9.74. The zero-order chi connectivity index (χ0) is 14.4. The molecule has 2 N–H and O–H groups in total. The van der Waals surface area contributed by atoms with Crippen LogP contribution in [0, 0.1) is 0 Å². The Bertz CT molecular complexity index is 431. The number of morpholine rings is 1. The molecule has 1 aromatic carbocycles. The summed E-state index contributed by atoms with van der Waals surface area (Å²) in [6, 6.07) is 3.98. The molecule has 1 aromatic rings. The molecule has 0 aromatic heterocycles. The molecule has 0 aliphatic carbocycles. The van der Waals surface area contributed by atoms with E-state index in [1.54, 1.807) is 14.2 Å². The molecule has 5 heteroatoms. The van der Waals surface area contributed by atoms with E-state index in [1.165, 1.54) is 5.56 Å². The first-order valence-corrected chi connectivity index (χ1v) is 7.05. The van der Waals surface area contributed by atoms with Crippen LogP contribution in [-0.4, -0.2) is 52.0 Å². The maximum atomic E-state index is 5.99. The molecule has 1 aliphatic heterocycles. The fourth-order valence-electron chi connectivity index (χ4n) is 2.53. The molecule has 0 amide bonds. The molecule has 5 nitrogen and oxygen atoms in total. The van der Waals surface area contributed by atoms with Crippen LogP contribution in [0.2, 0.25) is 0 Å². The van der Waals surface area contributed by atoms with E-state index in [-0.39, 0.29) is 0 Å². The van der Waals surface area contributed by atoms with Crippen molar-refractivity contribution in [3.05, 3.63) is 17.7 Å². The monoisotopic (exact) mass is 280 g/mol. The van der Waals surface area contributed by atoms with Crippen LogP contribution in [0.1, 0.15) is 12.0 Å². The molecule has 0 saturated carbocycles. The molecule has 2 rings (SSSR count). The predicted octanol–water partition coefficient (Wildman–Crippen LogP) is 1.55. The van der Waals surface area contributed by atoms with Gasteiger partial charge in [0.05, 0.1) is 33.1 Å². The summed E-state index contributed by atoms with van der Waals surface area (Å²) in [4.78, 5) is 2.44. The van der Waals surface area contributed by atoms with Crippen molar-refractivity contribution in [2.75, 3.05) is 52.8 Å². The third-order valence-corrected chi connectivity index (χ3v) is 3.61. The largest absolute Gasteiger partial charge is 0.493 e. The van der Waals surface area contributed by atoms with Crippen molar-refractivity contribution in [1.82, 2.24) is 4.90 Å². The van der Waals surface area contributed by atoms with Gasteiger partial charge in [-0.3, -0.25) is 4.90 Å². The van der Waals surface area contributed by atoms with Gasteiger partial charge in [-0.2, -0.15) is 0 Å². The van der Waals surface area contributed by atoms with Crippen LogP contribution in [0.5, 0.6) is 11.5 Å². The van der Waals surface area contributed by atoms with Gasteiger partial charge in [0.25, 0.3) is 0 Å². The van der Waals surface area contributed by atoms with Gasteiger partial charge in [-0.25, -0.2) is 0 Å². The first kappa shape index (κ1) is 14.9. The Hall–Kier alpha value is -1.46. The second-order valence-corrected chi connectivity index (χ2v) is 4.98. The zero-order valence-corrected chi connectivity index (χ0v) is 12.4. The molecule has 0 atom stereocenters. The standard InChI is InChI=1S/C15H24N2O3/c1-18-14-11-12(10-13(16)15(14)19-2)4-3-5-17-6-8-20-9-7-17/h10-11H,3-9,16H2,1-2H3. The Morgan fingerprint density at radius 3 is 2.60 bits per heavy atom. The van der Waals surface area contributed by atoms with E-state index in [0.717, 1.165) is 45.7 Å². The van der Waals surface area contributed by atoms with Gasteiger partial charge in [0.2, 0.25) is 0 Å². The second kappa shape index (κ2) is 7.36. The van der Waals surface area contributed by atoms with Crippen LogP contribution < -0.4 is 15.2 Å². The van der Waals surface area contributed by atoms with Crippen molar-refractivity contribution in [2.24, 2.45) is 0 Å². The van der Waals surface area contributed by atoms with Crippen molar-refractivity contribution < 1.29 is 14.2 Å². The molecular formula is C15H24N2O3. The number of hydrogen-bond acceptors (Lipinski definition) is 5. The highest BCUT2D eigenvalue weighted by atomic mass is 16.5. The number of aryl methyl sites for hydroxylation is 1. The molecular weight excluding hydrogens is 256 g/mol. The number of rotatable bonds is 6. The van der Waals surface area contributed by atoms with Crippen LogP contribution in [-0.2, 0) is 11.2 Å². The third-order valence-electron chi connectivity index (χ3n) is 3.61. The normalized spacial score (nSPS) is 16.1. The predicted molar refractivity (Wildman–Crippen MR) is 79.5 cm³/mol. The summed E-state index contributed by atoms with van der Waals surface area (Å²) in [5.41, 5.74) is 7.81. The number of nitrogens with zero attached hydrogens (tertiary/aromatic N) is 1. The van der Waals surface area contributed by atoms with E-state index < -0.39 is 0 Å². The Labute approximate surface area is 120 Å². The summed E-state index contributed by atoms with van der Waals surface area (Å²) in [7, 11) is 3.24. The molecule has 0 radical (unpaired) electrons. The van der Waals surface area contributed by atoms with Crippen LogP contribution in [0.4, 0.5) is 5.69 Å². The van der Waals surface area contributed by atoms with Gasteiger partial charge in [-0.05, 0) is 37.1 Å². The summed E-state index contributed by atoms with van der Waals surface area (Å²) in [6.07, 6.45) is 2.09. The highest BCUT2D eigenvalue weighted by molar-refractivity contribution is 5.62. The van der Waals surface area contributed by atoms with Gasteiger partial charge in [-0.1, -0.05) is 0 Å². The van der Waals surface area contributed by atoms with Crippen molar-refractivity contribution in [1.29, 1.82) is 0 Å². The Kier molecular flexibility index (Phi) is 5.49. The molecule has 0 unspecified atom stereocenters. The molecule has 0 bridgehead atoms. The smallest absolute Gasteiger partial charge is 0.183 e. The van der Waals surface area contributed by atoms with E-state index in [0.29, 0.717) is 17.2 Å². The van der Waals surface area contributed by atoms with Gasteiger partial charge in [0.15, 0.2) is 11.5 Å². The summed E-state index contributed by atoms with van der Waals surface area (Å²) >= 11 is 0. The van der Waals surface area contributed by atoms with Crippen LogP contribution in [0.15, 0.2) is 12.1 Å². The minimum absolute atomic E-state index is 0.615. The average molecular weight is 280 g/mol. The van der Waals surface area contributed by atoms with E-state index in [9.17, 15) is 0 Å². The van der Waals surface area contributed by atoms with Gasteiger partial charge < -0.3 is 19.9 Å². The highest BCUT2D eigenvalue weighted by Crippen LogP contribution is 2.34. The highest BCUT2D eigenvalue weighted by Gasteiger charge is 2.12. The van der Waals surface area contributed by atoms with Crippen molar-refractivity contribution >= 4 is 5.69 Å². The number of nitrogen functional groups attached to an aromatic ring is 1. The lowest BCUT2D eigenvalue weighted by molar-refractivity contribution is 0.0374. The van der Waals surface area contributed by atoms with Crippen LogP contribution in [0.25, 0.3) is 0 Å². The summed E-state index contributed by atoms with van der Waals surface area (Å²) in [6.45, 7) is 4.87. The number of nitrogens with two attached hydrogens (primary N) is 1. The number of anilines is 1. The minimum Gasteiger partial charge on any atom is -0.493 e. The average Bonchev–Trinajstić information content (AvgIpc) is 2.47. The maximum absolute atomic E-state index is 5.99.